The van der Waals surface area contributed by atoms with Gasteiger partial charge in [-0.2, -0.15) is 0 Å². The number of carbonyl (C=O) groups is 2. The Morgan fingerprint density at radius 1 is 1.19 bits per heavy atom. The highest BCUT2D eigenvalue weighted by Gasteiger charge is 2.40. The molecule has 0 bridgehead atoms. The van der Waals surface area contributed by atoms with Gasteiger partial charge in [-0.15, -0.1) is 0 Å². The summed E-state index contributed by atoms with van der Waals surface area (Å²) in [7, 11) is 0. The first-order valence-corrected chi connectivity index (χ1v) is 9.23. The minimum absolute atomic E-state index is 0.0618. The van der Waals surface area contributed by atoms with E-state index in [1.165, 1.54) is 4.90 Å². The molecule has 2 atom stereocenters. The summed E-state index contributed by atoms with van der Waals surface area (Å²) in [6.45, 7) is 1.81. The third-order valence-corrected chi connectivity index (χ3v) is 6.00. The Hall–Kier alpha value is -2.76. The Morgan fingerprint density at radius 2 is 2.00 bits per heavy atom. The van der Waals surface area contributed by atoms with E-state index in [1.54, 1.807) is 0 Å². The summed E-state index contributed by atoms with van der Waals surface area (Å²) < 4.78 is 0. The van der Waals surface area contributed by atoms with Gasteiger partial charge >= 0.3 is 6.09 Å². The van der Waals surface area contributed by atoms with Gasteiger partial charge < -0.3 is 15.0 Å². The van der Waals surface area contributed by atoms with Gasteiger partial charge in [0, 0.05) is 36.7 Å². The van der Waals surface area contributed by atoms with Crippen molar-refractivity contribution in [3.05, 3.63) is 41.6 Å². The molecule has 1 aromatic carbocycles. The predicted octanol–water partition coefficient (Wildman–Crippen LogP) is 2.71. The lowest BCUT2D eigenvalue weighted by molar-refractivity contribution is -0.133. The van der Waals surface area contributed by atoms with E-state index in [9.17, 15) is 14.7 Å². The molecular formula is C20H21N3O3. The van der Waals surface area contributed by atoms with Gasteiger partial charge in [-0.05, 0) is 42.0 Å². The third-order valence-electron chi connectivity index (χ3n) is 6.00. The number of carboxylic acid groups (broad SMARTS) is 1. The van der Waals surface area contributed by atoms with Crippen molar-refractivity contribution in [1.82, 2.24) is 14.8 Å². The average Bonchev–Trinajstić information content (AvgIpc) is 3.31. The van der Waals surface area contributed by atoms with E-state index in [0.29, 0.717) is 6.42 Å². The molecule has 2 aromatic rings. The molecule has 134 valence electrons. The van der Waals surface area contributed by atoms with Crippen molar-refractivity contribution in [3.8, 4) is 0 Å². The summed E-state index contributed by atoms with van der Waals surface area (Å²) in [5.74, 6) is -0.335. The molecule has 3 aliphatic rings. The van der Waals surface area contributed by atoms with Crippen molar-refractivity contribution in [2.45, 2.75) is 25.3 Å². The van der Waals surface area contributed by atoms with Crippen LogP contribution in [0.5, 0.6) is 0 Å². The van der Waals surface area contributed by atoms with Crippen LogP contribution in [0.25, 0.3) is 16.5 Å². The Labute approximate surface area is 151 Å². The molecular weight excluding hydrogens is 330 g/mol. The summed E-state index contributed by atoms with van der Waals surface area (Å²) in [5.41, 5.74) is 4.24. The number of hydrogen-bond donors (Lipinski definition) is 2. The summed E-state index contributed by atoms with van der Waals surface area (Å²) in [6, 6.07) is 5.84. The second kappa shape index (κ2) is 5.62. The molecule has 6 nitrogen and oxygen atoms in total. The highest BCUT2D eigenvalue weighted by atomic mass is 16.4. The summed E-state index contributed by atoms with van der Waals surface area (Å²) >= 11 is 0. The van der Waals surface area contributed by atoms with Crippen LogP contribution in [0, 0.1) is 5.92 Å². The van der Waals surface area contributed by atoms with E-state index >= 15 is 0 Å². The molecule has 2 amide bonds. The highest BCUT2D eigenvalue weighted by Crippen LogP contribution is 2.41. The number of fused-ring (bicyclic) bond motifs is 2. The van der Waals surface area contributed by atoms with E-state index in [2.05, 4.69) is 4.98 Å². The van der Waals surface area contributed by atoms with E-state index in [0.717, 1.165) is 53.5 Å². The maximum Gasteiger partial charge on any atom is 0.407 e. The topological polar surface area (TPSA) is 76.6 Å². The number of benzene rings is 1. The minimum Gasteiger partial charge on any atom is -0.465 e. The molecule has 0 saturated carbocycles. The molecule has 0 radical (unpaired) electrons. The van der Waals surface area contributed by atoms with Crippen LogP contribution in [0.4, 0.5) is 4.79 Å². The Morgan fingerprint density at radius 3 is 2.77 bits per heavy atom. The molecule has 0 unspecified atom stereocenters. The molecule has 0 spiro atoms. The van der Waals surface area contributed by atoms with Gasteiger partial charge in [-0.25, -0.2) is 4.79 Å². The van der Waals surface area contributed by atoms with Crippen LogP contribution in [-0.2, 0) is 11.2 Å². The first-order valence-electron chi connectivity index (χ1n) is 9.23. The number of aromatic nitrogens is 1. The Balaban J connectivity index is 1.62. The van der Waals surface area contributed by atoms with Crippen LogP contribution in [0.2, 0.25) is 0 Å². The molecule has 5 rings (SSSR count). The van der Waals surface area contributed by atoms with E-state index in [4.69, 9.17) is 0 Å². The summed E-state index contributed by atoms with van der Waals surface area (Å²) in [4.78, 5) is 31.5. The van der Waals surface area contributed by atoms with Gasteiger partial charge in [-0.3, -0.25) is 9.69 Å². The van der Waals surface area contributed by atoms with Crippen LogP contribution in [0.3, 0.4) is 0 Å². The maximum absolute atomic E-state index is 12.9. The maximum atomic E-state index is 12.9. The number of nitrogens with one attached hydrogen (secondary N) is 1. The smallest absolute Gasteiger partial charge is 0.407 e. The minimum atomic E-state index is -0.953. The van der Waals surface area contributed by atoms with Crippen LogP contribution < -0.4 is 0 Å². The van der Waals surface area contributed by atoms with Crippen LogP contribution in [-0.4, -0.2) is 57.6 Å². The third kappa shape index (κ3) is 2.18. The zero-order chi connectivity index (χ0) is 17.8. The second-order valence-corrected chi connectivity index (χ2v) is 7.46. The zero-order valence-corrected chi connectivity index (χ0v) is 14.4. The largest absolute Gasteiger partial charge is 0.465 e. The summed E-state index contributed by atoms with van der Waals surface area (Å²) in [5, 5.41) is 11.0. The summed E-state index contributed by atoms with van der Waals surface area (Å²) in [6.07, 6.45) is 5.78. The van der Waals surface area contributed by atoms with Crippen molar-refractivity contribution in [3.63, 3.8) is 0 Å². The number of hydrogen-bond acceptors (Lipinski definition) is 2. The standard InChI is InChI=1S/C20H21N3O3/c24-19(22-6-1-2-7-22)13-8-15-14-4-3-5-16-18(14)12(10-21-16)9-17(15)23(11-13)20(25)26/h3-5,8,10,13,17,21H,1-2,6-7,9,11H2,(H,25,26)/t13-,17-/m1/s1. The van der Waals surface area contributed by atoms with Crippen molar-refractivity contribution >= 4 is 28.5 Å². The van der Waals surface area contributed by atoms with Crippen molar-refractivity contribution in [1.29, 1.82) is 0 Å². The number of carbonyl (C=O) groups excluding carboxylic acids is 1. The molecule has 6 heteroatoms. The lowest BCUT2D eigenvalue weighted by Crippen LogP contribution is -2.51. The van der Waals surface area contributed by atoms with E-state index in [-0.39, 0.29) is 18.5 Å². The monoisotopic (exact) mass is 351 g/mol. The highest BCUT2D eigenvalue weighted by molar-refractivity contribution is 6.00. The molecule has 2 N–H and O–H groups in total. The lowest BCUT2D eigenvalue weighted by Gasteiger charge is -2.40. The number of amides is 2. The molecule has 1 fully saturated rings. The van der Waals surface area contributed by atoms with E-state index in [1.807, 2.05) is 35.4 Å². The molecule has 1 aromatic heterocycles. The number of H-pyrrole nitrogens is 1. The fourth-order valence-corrected chi connectivity index (χ4v) is 4.78. The molecule has 1 saturated heterocycles. The van der Waals surface area contributed by atoms with Gasteiger partial charge in [0.1, 0.15) is 0 Å². The van der Waals surface area contributed by atoms with Gasteiger partial charge in [0.2, 0.25) is 5.91 Å². The quantitative estimate of drug-likeness (QED) is 0.829. The fourth-order valence-electron chi connectivity index (χ4n) is 4.78. The van der Waals surface area contributed by atoms with Gasteiger partial charge in [0.05, 0.1) is 12.0 Å². The lowest BCUT2D eigenvalue weighted by atomic mass is 9.79. The van der Waals surface area contributed by atoms with E-state index < -0.39 is 12.0 Å². The van der Waals surface area contributed by atoms with Gasteiger partial charge in [0.15, 0.2) is 0 Å². The van der Waals surface area contributed by atoms with Gasteiger partial charge in [-0.1, -0.05) is 18.2 Å². The normalized spacial score (nSPS) is 24.5. The number of rotatable bonds is 1. The molecule has 2 aliphatic heterocycles. The van der Waals surface area contributed by atoms with Gasteiger partial charge in [0.25, 0.3) is 0 Å². The van der Waals surface area contributed by atoms with Crippen LogP contribution in [0.1, 0.15) is 24.0 Å². The number of likely N-dealkylation sites (tertiary alicyclic amines) is 1. The zero-order valence-electron chi connectivity index (χ0n) is 14.4. The molecule has 26 heavy (non-hydrogen) atoms. The van der Waals surface area contributed by atoms with Crippen molar-refractivity contribution in [2.75, 3.05) is 19.6 Å². The Kier molecular flexibility index (Phi) is 3.35. The van der Waals surface area contributed by atoms with Crippen molar-refractivity contribution < 1.29 is 14.7 Å². The van der Waals surface area contributed by atoms with Crippen LogP contribution in [0.15, 0.2) is 30.5 Å². The number of nitrogens with zero attached hydrogens (tertiary/aromatic N) is 2. The average molecular weight is 351 g/mol. The molecule has 1 aliphatic carbocycles. The van der Waals surface area contributed by atoms with Crippen molar-refractivity contribution in [2.24, 2.45) is 5.92 Å². The number of aromatic amines is 1. The first kappa shape index (κ1) is 15.5. The molecule has 3 heterocycles. The fraction of sp³-hybridized carbons (Fsp3) is 0.400. The SMILES string of the molecule is O=C([C@@H]1C=C2c3cccc4[nH]cc(c34)C[C@H]2N(C(=O)O)C1)N1CCCC1. The Bertz CT molecular complexity index is 939. The first-order chi connectivity index (χ1) is 12.6. The van der Waals surface area contributed by atoms with Crippen LogP contribution >= 0.6 is 0 Å². The second-order valence-electron chi connectivity index (χ2n) is 7.46. The predicted molar refractivity (Wildman–Crippen MR) is 97.8 cm³/mol.